The molecule has 148 valence electrons. The number of hydrogen-bond donors (Lipinski definition) is 1. The standard InChI is InChI=1S/C22H27N3O3/c1-26-20-8-4-5-9-21(20)27-15-12-23-16-17-10-13-25(14-11-17)22-24-18-6-2-3-7-19(18)28-22/h2-9,17,23H,10-16H2,1H3. The fourth-order valence-electron chi connectivity index (χ4n) is 3.60. The summed E-state index contributed by atoms with van der Waals surface area (Å²) in [5.41, 5.74) is 1.78. The van der Waals surface area contributed by atoms with Gasteiger partial charge in [-0.1, -0.05) is 24.3 Å². The van der Waals surface area contributed by atoms with E-state index in [1.807, 2.05) is 48.5 Å². The van der Waals surface area contributed by atoms with Gasteiger partial charge in [-0.15, -0.1) is 0 Å². The third kappa shape index (κ3) is 4.39. The Balaban J connectivity index is 1.17. The number of anilines is 1. The Bertz CT molecular complexity index is 854. The molecule has 0 spiro atoms. The van der Waals surface area contributed by atoms with Gasteiger partial charge in [0.15, 0.2) is 17.1 Å². The Hall–Kier alpha value is -2.73. The molecule has 0 saturated carbocycles. The van der Waals surface area contributed by atoms with Crippen LogP contribution < -0.4 is 19.7 Å². The number of fused-ring (bicyclic) bond motifs is 1. The van der Waals surface area contributed by atoms with Gasteiger partial charge in [0.1, 0.15) is 12.1 Å². The summed E-state index contributed by atoms with van der Waals surface area (Å²) < 4.78 is 17.0. The molecule has 6 nitrogen and oxygen atoms in total. The highest BCUT2D eigenvalue weighted by Crippen LogP contribution is 2.27. The first-order valence-electron chi connectivity index (χ1n) is 9.90. The molecular weight excluding hydrogens is 354 g/mol. The van der Waals surface area contributed by atoms with Crippen molar-refractivity contribution in [1.82, 2.24) is 10.3 Å². The second kappa shape index (κ2) is 8.97. The summed E-state index contributed by atoms with van der Waals surface area (Å²) in [7, 11) is 1.66. The van der Waals surface area contributed by atoms with Crippen LogP contribution in [0.3, 0.4) is 0 Å². The van der Waals surface area contributed by atoms with Gasteiger partial charge >= 0.3 is 0 Å². The minimum absolute atomic E-state index is 0.627. The van der Waals surface area contributed by atoms with Crippen molar-refractivity contribution in [3.8, 4) is 11.5 Å². The van der Waals surface area contributed by atoms with E-state index in [0.29, 0.717) is 12.5 Å². The summed E-state index contributed by atoms with van der Waals surface area (Å²) in [6, 6.07) is 16.4. The molecule has 28 heavy (non-hydrogen) atoms. The Labute approximate surface area is 165 Å². The van der Waals surface area contributed by atoms with Crippen LogP contribution in [-0.4, -0.2) is 44.9 Å². The zero-order valence-electron chi connectivity index (χ0n) is 16.3. The minimum atomic E-state index is 0.627. The topological polar surface area (TPSA) is 59.8 Å². The minimum Gasteiger partial charge on any atom is -0.493 e. The van der Waals surface area contributed by atoms with Gasteiger partial charge in [-0.25, -0.2) is 0 Å². The van der Waals surface area contributed by atoms with E-state index in [2.05, 4.69) is 15.2 Å². The van der Waals surface area contributed by atoms with Crippen LogP contribution in [0.2, 0.25) is 0 Å². The van der Waals surface area contributed by atoms with Crippen LogP contribution in [0.25, 0.3) is 11.1 Å². The molecule has 1 saturated heterocycles. The van der Waals surface area contributed by atoms with E-state index in [1.54, 1.807) is 7.11 Å². The molecule has 1 aromatic heterocycles. The lowest BCUT2D eigenvalue weighted by molar-refractivity contribution is 0.284. The van der Waals surface area contributed by atoms with Gasteiger partial charge < -0.3 is 24.1 Å². The summed E-state index contributed by atoms with van der Waals surface area (Å²) in [4.78, 5) is 6.86. The number of piperidine rings is 1. The fourth-order valence-corrected chi connectivity index (χ4v) is 3.60. The van der Waals surface area contributed by atoms with Crippen molar-refractivity contribution in [2.45, 2.75) is 12.8 Å². The molecule has 2 heterocycles. The summed E-state index contributed by atoms with van der Waals surface area (Å²) >= 11 is 0. The van der Waals surface area contributed by atoms with Gasteiger partial charge in [0, 0.05) is 19.6 Å². The molecule has 0 radical (unpaired) electrons. The van der Waals surface area contributed by atoms with Gasteiger partial charge in [0.2, 0.25) is 0 Å². The number of hydrogen-bond acceptors (Lipinski definition) is 6. The number of oxazole rings is 1. The SMILES string of the molecule is COc1ccccc1OCCNCC1CCN(c2nc3ccccc3o2)CC1. The largest absolute Gasteiger partial charge is 0.493 e. The lowest BCUT2D eigenvalue weighted by Gasteiger charge is -2.31. The monoisotopic (exact) mass is 381 g/mol. The number of rotatable bonds is 8. The highest BCUT2D eigenvalue weighted by molar-refractivity contribution is 5.74. The van der Waals surface area contributed by atoms with Gasteiger partial charge in [0.05, 0.1) is 7.11 Å². The third-order valence-electron chi connectivity index (χ3n) is 5.21. The van der Waals surface area contributed by atoms with Crippen molar-refractivity contribution >= 4 is 17.1 Å². The van der Waals surface area contributed by atoms with Crippen molar-refractivity contribution in [3.63, 3.8) is 0 Å². The predicted molar refractivity (Wildman–Crippen MR) is 110 cm³/mol. The number of aromatic nitrogens is 1. The van der Waals surface area contributed by atoms with Crippen LogP contribution in [-0.2, 0) is 0 Å². The third-order valence-corrected chi connectivity index (χ3v) is 5.21. The van der Waals surface area contributed by atoms with Crippen LogP contribution in [0.15, 0.2) is 52.9 Å². The number of nitrogens with one attached hydrogen (secondary N) is 1. The Morgan fingerprint density at radius 3 is 2.61 bits per heavy atom. The van der Waals surface area contributed by atoms with Crippen molar-refractivity contribution in [2.75, 3.05) is 44.8 Å². The maximum atomic E-state index is 5.89. The van der Waals surface area contributed by atoms with Crippen LogP contribution in [0.4, 0.5) is 6.01 Å². The molecule has 4 rings (SSSR count). The number of methoxy groups -OCH3 is 1. The molecule has 1 aliphatic rings. The van der Waals surface area contributed by atoms with Gasteiger partial charge in [0.25, 0.3) is 6.01 Å². The maximum absolute atomic E-state index is 5.89. The Kier molecular flexibility index (Phi) is 5.97. The molecule has 1 aliphatic heterocycles. The van der Waals surface area contributed by atoms with Gasteiger partial charge in [-0.2, -0.15) is 4.98 Å². The van der Waals surface area contributed by atoms with Crippen molar-refractivity contribution in [1.29, 1.82) is 0 Å². The zero-order chi connectivity index (χ0) is 19.2. The van der Waals surface area contributed by atoms with Crippen LogP contribution in [0, 0.1) is 5.92 Å². The molecule has 0 aliphatic carbocycles. The van der Waals surface area contributed by atoms with E-state index in [9.17, 15) is 0 Å². The average Bonchev–Trinajstić information content (AvgIpc) is 3.18. The molecule has 0 atom stereocenters. The molecule has 0 bridgehead atoms. The zero-order valence-corrected chi connectivity index (χ0v) is 16.3. The van der Waals surface area contributed by atoms with E-state index in [0.717, 1.165) is 67.6 Å². The van der Waals surface area contributed by atoms with E-state index in [1.165, 1.54) is 0 Å². The van der Waals surface area contributed by atoms with Gasteiger partial charge in [-0.3, -0.25) is 0 Å². The Morgan fingerprint density at radius 1 is 1.07 bits per heavy atom. The summed E-state index contributed by atoms with van der Waals surface area (Å²) in [5, 5.41) is 3.52. The summed E-state index contributed by atoms with van der Waals surface area (Å²) in [5.74, 6) is 2.24. The molecule has 0 amide bonds. The lowest BCUT2D eigenvalue weighted by atomic mass is 9.97. The molecule has 1 fully saturated rings. The van der Waals surface area contributed by atoms with Crippen LogP contribution in [0.5, 0.6) is 11.5 Å². The second-order valence-electron chi connectivity index (χ2n) is 7.10. The molecule has 1 N–H and O–H groups in total. The number of ether oxygens (including phenoxy) is 2. The average molecular weight is 381 g/mol. The van der Waals surface area contributed by atoms with E-state index in [-0.39, 0.29) is 0 Å². The first-order valence-corrected chi connectivity index (χ1v) is 9.90. The Morgan fingerprint density at radius 2 is 1.82 bits per heavy atom. The van der Waals surface area contributed by atoms with Crippen molar-refractivity contribution in [2.24, 2.45) is 5.92 Å². The maximum Gasteiger partial charge on any atom is 0.298 e. The van der Waals surface area contributed by atoms with Crippen LogP contribution >= 0.6 is 0 Å². The number of nitrogens with zero attached hydrogens (tertiary/aromatic N) is 2. The van der Waals surface area contributed by atoms with Crippen molar-refractivity contribution in [3.05, 3.63) is 48.5 Å². The fraction of sp³-hybridized carbons (Fsp3) is 0.409. The normalized spacial score (nSPS) is 15.1. The quantitative estimate of drug-likeness (QED) is 0.600. The number of para-hydroxylation sites is 4. The van der Waals surface area contributed by atoms with E-state index in [4.69, 9.17) is 13.9 Å². The lowest BCUT2D eigenvalue weighted by Crippen LogP contribution is -2.38. The van der Waals surface area contributed by atoms with Gasteiger partial charge in [-0.05, 0) is 49.6 Å². The molecule has 3 aromatic rings. The summed E-state index contributed by atoms with van der Waals surface area (Å²) in [6.45, 7) is 4.43. The van der Waals surface area contributed by atoms with Crippen LogP contribution in [0.1, 0.15) is 12.8 Å². The summed E-state index contributed by atoms with van der Waals surface area (Å²) in [6.07, 6.45) is 2.28. The smallest absolute Gasteiger partial charge is 0.298 e. The number of benzene rings is 2. The first-order chi connectivity index (χ1) is 13.8. The van der Waals surface area contributed by atoms with E-state index >= 15 is 0 Å². The molecule has 2 aromatic carbocycles. The highest BCUT2D eigenvalue weighted by Gasteiger charge is 2.22. The predicted octanol–water partition coefficient (Wildman–Crippen LogP) is 3.72. The van der Waals surface area contributed by atoms with Crippen molar-refractivity contribution < 1.29 is 13.9 Å². The molecular formula is C22H27N3O3. The molecule has 0 unspecified atom stereocenters. The second-order valence-corrected chi connectivity index (χ2v) is 7.10. The molecule has 6 heteroatoms. The first kappa shape index (κ1) is 18.6. The van der Waals surface area contributed by atoms with E-state index < -0.39 is 0 Å². The highest BCUT2D eigenvalue weighted by atomic mass is 16.5.